The minimum Gasteiger partial charge on any atom is -0.497 e. The summed E-state index contributed by atoms with van der Waals surface area (Å²) in [6.45, 7) is 1.01. The summed E-state index contributed by atoms with van der Waals surface area (Å²) >= 11 is 3.23. The molecule has 5 nitrogen and oxygen atoms in total. The van der Waals surface area contributed by atoms with Crippen LogP contribution < -0.4 is 10.1 Å². The molecule has 0 fully saturated rings. The molecule has 0 saturated carbocycles. The number of benzene rings is 1. The highest BCUT2D eigenvalue weighted by atomic mass is 32.1. The SMILES string of the molecule is COc1cccc(C(=O)NCC(=O)N(Cc2cccs2)Cc2cccs2)c1. The van der Waals surface area contributed by atoms with E-state index in [1.165, 1.54) is 0 Å². The number of hydrogen-bond acceptors (Lipinski definition) is 5. The third-order valence-electron chi connectivity index (χ3n) is 3.94. The number of nitrogens with zero attached hydrogens (tertiary/aromatic N) is 1. The van der Waals surface area contributed by atoms with E-state index in [0.717, 1.165) is 9.75 Å². The van der Waals surface area contributed by atoms with Crippen LogP contribution in [0.1, 0.15) is 20.1 Å². The first-order valence-electron chi connectivity index (χ1n) is 8.40. The smallest absolute Gasteiger partial charge is 0.251 e. The largest absolute Gasteiger partial charge is 0.497 e. The highest BCUT2D eigenvalue weighted by molar-refractivity contribution is 7.10. The summed E-state index contributed by atoms with van der Waals surface area (Å²) in [4.78, 5) is 29.1. The van der Waals surface area contributed by atoms with Crippen molar-refractivity contribution in [1.82, 2.24) is 10.2 Å². The number of methoxy groups -OCH3 is 1. The summed E-state index contributed by atoms with van der Waals surface area (Å²) in [5.41, 5.74) is 0.463. The van der Waals surface area contributed by atoms with Crippen molar-refractivity contribution in [2.75, 3.05) is 13.7 Å². The number of ether oxygens (including phenoxy) is 1. The van der Waals surface area contributed by atoms with E-state index in [-0.39, 0.29) is 18.4 Å². The number of nitrogens with one attached hydrogen (secondary N) is 1. The molecule has 0 atom stereocenters. The summed E-state index contributed by atoms with van der Waals surface area (Å²) < 4.78 is 5.13. The second-order valence-electron chi connectivity index (χ2n) is 5.82. The lowest BCUT2D eigenvalue weighted by molar-refractivity contribution is -0.131. The standard InChI is InChI=1S/C20H20N2O3S2/c1-25-16-6-2-5-15(11-16)20(24)21-12-19(23)22(13-17-7-3-9-26-17)14-18-8-4-10-27-18/h2-11H,12-14H2,1H3,(H,21,24). The van der Waals surface area contributed by atoms with Gasteiger partial charge in [0.05, 0.1) is 26.7 Å². The van der Waals surface area contributed by atoms with Crippen molar-refractivity contribution in [3.8, 4) is 5.75 Å². The fourth-order valence-corrected chi connectivity index (χ4v) is 3.99. The van der Waals surface area contributed by atoms with Gasteiger partial charge in [0.2, 0.25) is 5.91 Å². The topological polar surface area (TPSA) is 58.6 Å². The van der Waals surface area contributed by atoms with Gasteiger partial charge in [-0.05, 0) is 41.1 Å². The molecule has 140 valence electrons. The third-order valence-corrected chi connectivity index (χ3v) is 5.66. The number of rotatable bonds is 8. The fraction of sp³-hybridized carbons (Fsp3) is 0.200. The minimum absolute atomic E-state index is 0.0488. The molecule has 2 amide bonds. The van der Waals surface area contributed by atoms with Crippen LogP contribution in [-0.4, -0.2) is 30.4 Å². The van der Waals surface area contributed by atoms with Crippen LogP contribution in [0.15, 0.2) is 59.3 Å². The fourth-order valence-electron chi connectivity index (χ4n) is 2.55. The highest BCUT2D eigenvalue weighted by Crippen LogP contribution is 2.17. The molecule has 0 aliphatic heterocycles. The molecule has 0 saturated heterocycles. The van der Waals surface area contributed by atoms with Gasteiger partial charge in [-0.15, -0.1) is 22.7 Å². The molecule has 0 spiro atoms. The van der Waals surface area contributed by atoms with Gasteiger partial charge in [-0.25, -0.2) is 0 Å². The lowest BCUT2D eigenvalue weighted by atomic mass is 10.2. The van der Waals surface area contributed by atoms with E-state index in [1.54, 1.807) is 58.9 Å². The Labute approximate surface area is 166 Å². The predicted molar refractivity (Wildman–Crippen MR) is 108 cm³/mol. The van der Waals surface area contributed by atoms with E-state index >= 15 is 0 Å². The first-order chi connectivity index (χ1) is 13.2. The van der Waals surface area contributed by atoms with Crippen molar-refractivity contribution < 1.29 is 14.3 Å². The third kappa shape index (κ3) is 5.42. The zero-order chi connectivity index (χ0) is 19.1. The highest BCUT2D eigenvalue weighted by Gasteiger charge is 2.17. The molecule has 7 heteroatoms. The molecular formula is C20H20N2O3S2. The molecule has 27 heavy (non-hydrogen) atoms. The Morgan fingerprint density at radius 1 is 1.00 bits per heavy atom. The summed E-state index contributed by atoms with van der Waals surface area (Å²) in [5, 5.41) is 6.70. The molecule has 0 unspecified atom stereocenters. The van der Waals surface area contributed by atoms with Gasteiger partial charge in [0.1, 0.15) is 5.75 Å². The van der Waals surface area contributed by atoms with Crippen LogP contribution in [-0.2, 0) is 17.9 Å². The van der Waals surface area contributed by atoms with Gasteiger partial charge in [-0.1, -0.05) is 18.2 Å². The molecule has 2 heterocycles. The van der Waals surface area contributed by atoms with Crippen molar-refractivity contribution >= 4 is 34.5 Å². The van der Waals surface area contributed by atoms with Crippen molar-refractivity contribution in [1.29, 1.82) is 0 Å². The number of thiophene rings is 2. The Kier molecular flexibility index (Phi) is 6.62. The van der Waals surface area contributed by atoms with E-state index in [0.29, 0.717) is 24.4 Å². The second-order valence-corrected chi connectivity index (χ2v) is 7.89. The number of amides is 2. The molecule has 3 rings (SSSR count). The van der Waals surface area contributed by atoms with Gasteiger partial charge in [0.25, 0.3) is 5.91 Å². The molecule has 0 aliphatic rings. The lowest BCUT2D eigenvalue weighted by Crippen LogP contribution is -2.39. The summed E-state index contributed by atoms with van der Waals surface area (Å²) in [6, 6.07) is 14.8. The molecule has 1 aromatic carbocycles. The Morgan fingerprint density at radius 3 is 2.22 bits per heavy atom. The summed E-state index contributed by atoms with van der Waals surface area (Å²) in [6.07, 6.45) is 0. The molecule has 0 radical (unpaired) electrons. The molecular weight excluding hydrogens is 380 g/mol. The first kappa shape index (κ1) is 19.1. The van der Waals surface area contributed by atoms with Crippen LogP contribution in [0.25, 0.3) is 0 Å². The van der Waals surface area contributed by atoms with E-state index in [4.69, 9.17) is 4.74 Å². The van der Waals surface area contributed by atoms with Crippen LogP contribution in [0.2, 0.25) is 0 Å². The molecule has 0 aliphatic carbocycles. The van der Waals surface area contributed by atoms with Gasteiger partial charge in [-0.2, -0.15) is 0 Å². The minimum atomic E-state index is -0.297. The lowest BCUT2D eigenvalue weighted by Gasteiger charge is -2.22. The maximum atomic E-state index is 12.8. The normalized spacial score (nSPS) is 10.4. The van der Waals surface area contributed by atoms with Crippen molar-refractivity contribution in [2.45, 2.75) is 13.1 Å². The molecule has 3 aromatic rings. The van der Waals surface area contributed by atoms with Gasteiger partial charge >= 0.3 is 0 Å². The maximum Gasteiger partial charge on any atom is 0.251 e. The average molecular weight is 401 g/mol. The van der Waals surface area contributed by atoms with Crippen LogP contribution in [0.5, 0.6) is 5.75 Å². The first-order valence-corrected chi connectivity index (χ1v) is 10.2. The van der Waals surface area contributed by atoms with Gasteiger partial charge in [-0.3, -0.25) is 9.59 Å². The Bertz CT molecular complexity index is 840. The quantitative estimate of drug-likeness (QED) is 0.626. The van der Waals surface area contributed by atoms with Gasteiger partial charge in [0.15, 0.2) is 0 Å². The van der Waals surface area contributed by atoms with Gasteiger partial charge < -0.3 is 15.0 Å². The van der Waals surface area contributed by atoms with Crippen LogP contribution in [0.4, 0.5) is 0 Å². The van der Waals surface area contributed by atoms with Crippen molar-refractivity contribution in [3.63, 3.8) is 0 Å². The van der Waals surface area contributed by atoms with E-state index < -0.39 is 0 Å². The molecule has 1 N–H and O–H groups in total. The van der Waals surface area contributed by atoms with E-state index in [1.807, 2.05) is 35.0 Å². The van der Waals surface area contributed by atoms with E-state index in [2.05, 4.69) is 5.32 Å². The Balaban J connectivity index is 1.63. The maximum absolute atomic E-state index is 12.8. The summed E-state index contributed by atoms with van der Waals surface area (Å²) in [5.74, 6) is 0.188. The van der Waals surface area contributed by atoms with Gasteiger partial charge in [0, 0.05) is 15.3 Å². The molecule has 0 bridgehead atoms. The zero-order valence-electron chi connectivity index (χ0n) is 14.9. The zero-order valence-corrected chi connectivity index (χ0v) is 16.5. The van der Waals surface area contributed by atoms with Crippen LogP contribution in [0.3, 0.4) is 0 Å². The monoisotopic (exact) mass is 400 g/mol. The second kappa shape index (κ2) is 9.34. The number of carbonyl (C=O) groups is 2. The Hall–Kier alpha value is -2.64. The number of hydrogen-bond donors (Lipinski definition) is 1. The number of carbonyl (C=O) groups excluding carboxylic acids is 2. The Morgan fingerprint density at radius 2 is 1.67 bits per heavy atom. The molecule has 2 aromatic heterocycles. The van der Waals surface area contributed by atoms with E-state index in [9.17, 15) is 9.59 Å². The van der Waals surface area contributed by atoms with Crippen LogP contribution >= 0.6 is 22.7 Å². The average Bonchev–Trinajstić information content (AvgIpc) is 3.39. The summed E-state index contributed by atoms with van der Waals surface area (Å²) in [7, 11) is 1.55. The van der Waals surface area contributed by atoms with Crippen molar-refractivity contribution in [2.24, 2.45) is 0 Å². The van der Waals surface area contributed by atoms with Crippen LogP contribution in [0, 0.1) is 0 Å². The predicted octanol–water partition coefficient (Wildman–Crippen LogP) is 3.78. The van der Waals surface area contributed by atoms with Crippen molar-refractivity contribution in [3.05, 3.63) is 74.6 Å².